The molecule has 0 aromatic heterocycles. The third-order valence-electron chi connectivity index (χ3n) is 6.01. The number of hydrogen-bond donors (Lipinski definition) is 1. The number of hydrogen-bond acceptors (Lipinski definition) is 4. The molecule has 1 aliphatic heterocycles. The number of aliphatic carboxylic acids is 1. The van der Waals surface area contributed by atoms with E-state index in [1.165, 1.54) is 12.0 Å². The Bertz CT molecular complexity index is 1160. The van der Waals surface area contributed by atoms with Gasteiger partial charge in [0.2, 0.25) is 0 Å². The zero-order chi connectivity index (χ0) is 21.7. The summed E-state index contributed by atoms with van der Waals surface area (Å²) < 4.78 is 11.2. The second-order valence-corrected chi connectivity index (χ2v) is 7.73. The molecule has 1 aliphatic carbocycles. The zero-order valence-corrected chi connectivity index (χ0v) is 17.1. The van der Waals surface area contributed by atoms with Gasteiger partial charge in [0.1, 0.15) is 11.5 Å². The van der Waals surface area contributed by atoms with Crippen LogP contribution in [0.2, 0.25) is 0 Å². The number of fused-ring (bicyclic) bond motifs is 4. The number of benzene rings is 3. The third-order valence-corrected chi connectivity index (χ3v) is 6.01. The molecule has 2 unspecified atom stereocenters. The molecule has 31 heavy (non-hydrogen) atoms. The van der Waals surface area contributed by atoms with Gasteiger partial charge in [-0.2, -0.15) is 0 Å². The molecule has 1 N–H and O–H groups in total. The Morgan fingerprint density at radius 3 is 2.16 bits per heavy atom. The summed E-state index contributed by atoms with van der Waals surface area (Å²) >= 11 is 0. The average Bonchev–Trinajstić information content (AvgIpc) is 3.06. The van der Waals surface area contributed by atoms with Gasteiger partial charge in [0.15, 0.2) is 12.1 Å². The number of rotatable bonds is 3. The van der Waals surface area contributed by atoms with Crippen molar-refractivity contribution in [1.82, 2.24) is 4.90 Å². The van der Waals surface area contributed by atoms with Gasteiger partial charge >= 0.3 is 5.97 Å². The molecule has 0 saturated heterocycles. The van der Waals surface area contributed by atoms with Crippen LogP contribution < -0.4 is 9.47 Å². The monoisotopic (exact) mass is 415 g/mol. The fourth-order valence-corrected chi connectivity index (χ4v) is 4.66. The van der Waals surface area contributed by atoms with Gasteiger partial charge in [-0.1, -0.05) is 48.5 Å². The molecule has 3 aromatic carbocycles. The molecule has 0 radical (unpaired) electrons. The first-order valence-corrected chi connectivity index (χ1v) is 10.1. The molecule has 3 aromatic rings. The predicted octanol–water partition coefficient (Wildman–Crippen LogP) is 4.20. The SMILES string of the molecule is COc1ccc2c(c1)C(C(=O)O)N(C1c3ccccc3-c3ccccc31)C(=O)C(C)O2. The maximum Gasteiger partial charge on any atom is 0.331 e. The van der Waals surface area contributed by atoms with E-state index in [1.54, 1.807) is 25.1 Å². The summed E-state index contributed by atoms with van der Waals surface area (Å²) in [5, 5.41) is 10.3. The second-order valence-electron chi connectivity index (χ2n) is 7.73. The van der Waals surface area contributed by atoms with E-state index in [9.17, 15) is 14.7 Å². The van der Waals surface area contributed by atoms with Crippen molar-refractivity contribution in [3.05, 3.63) is 83.4 Å². The highest BCUT2D eigenvalue weighted by molar-refractivity contribution is 5.91. The van der Waals surface area contributed by atoms with Crippen LogP contribution in [0.3, 0.4) is 0 Å². The van der Waals surface area contributed by atoms with Crippen LogP contribution in [0.5, 0.6) is 11.5 Å². The van der Waals surface area contributed by atoms with E-state index < -0.39 is 24.2 Å². The Morgan fingerprint density at radius 1 is 0.968 bits per heavy atom. The molecule has 0 bridgehead atoms. The Kier molecular flexibility index (Phi) is 4.43. The summed E-state index contributed by atoms with van der Waals surface area (Å²) in [4.78, 5) is 27.7. The van der Waals surface area contributed by atoms with Crippen LogP contribution in [0.25, 0.3) is 11.1 Å². The first kappa shape index (κ1) is 19.2. The number of amides is 1. The standard InChI is InChI=1S/C25H21NO5/c1-14-24(27)26(23(25(28)29)20-13-15(30-2)11-12-21(20)31-14)22-18-9-5-3-7-16(18)17-8-4-6-10-19(17)22/h3-14,22-23H,1-2H3,(H,28,29). The minimum absolute atomic E-state index is 0.371. The first-order chi connectivity index (χ1) is 15.0. The molecule has 2 aliphatic rings. The van der Waals surface area contributed by atoms with Gasteiger partial charge in [-0.25, -0.2) is 4.79 Å². The third kappa shape index (κ3) is 2.86. The van der Waals surface area contributed by atoms with Crippen molar-refractivity contribution in [3.63, 3.8) is 0 Å². The Labute approximate surface area is 179 Å². The summed E-state index contributed by atoms with van der Waals surface area (Å²) in [6, 6.07) is 18.9. The molecule has 1 heterocycles. The lowest BCUT2D eigenvalue weighted by atomic mass is 9.97. The quantitative estimate of drug-likeness (QED) is 0.694. The van der Waals surface area contributed by atoms with Crippen molar-refractivity contribution in [2.75, 3.05) is 7.11 Å². The number of methoxy groups -OCH3 is 1. The molecule has 0 saturated carbocycles. The van der Waals surface area contributed by atoms with Crippen molar-refractivity contribution in [1.29, 1.82) is 0 Å². The number of carboxylic acids is 1. The maximum atomic E-state index is 13.6. The second kappa shape index (κ2) is 7.16. The van der Waals surface area contributed by atoms with Gasteiger partial charge in [0.05, 0.1) is 13.2 Å². The largest absolute Gasteiger partial charge is 0.497 e. The Balaban J connectivity index is 1.77. The van der Waals surface area contributed by atoms with E-state index >= 15 is 0 Å². The topological polar surface area (TPSA) is 76.1 Å². The fraction of sp³-hybridized carbons (Fsp3) is 0.200. The van der Waals surface area contributed by atoms with Crippen LogP contribution in [0, 0.1) is 0 Å². The predicted molar refractivity (Wildman–Crippen MR) is 114 cm³/mol. The van der Waals surface area contributed by atoms with E-state index in [4.69, 9.17) is 9.47 Å². The van der Waals surface area contributed by atoms with Crippen molar-refractivity contribution in [2.24, 2.45) is 0 Å². The molecule has 1 amide bonds. The number of carbonyl (C=O) groups excluding carboxylic acids is 1. The van der Waals surface area contributed by atoms with Crippen molar-refractivity contribution < 1.29 is 24.2 Å². The van der Waals surface area contributed by atoms with Gasteiger partial charge in [0, 0.05) is 5.56 Å². The zero-order valence-electron chi connectivity index (χ0n) is 17.1. The van der Waals surface area contributed by atoms with Crippen molar-refractivity contribution in [3.8, 4) is 22.6 Å². The molecular formula is C25H21NO5. The maximum absolute atomic E-state index is 13.6. The van der Waals surface area contributed by atoms with Crippen LogP contribution in [0.15, 0.2) is 66.7 Å². The van der Waals surface area contributed by atoms with Crippen LogP contribution in [0.4, 0.5) is 0 Å². The number of nitrogens with zero attached hydrogens (tertiary/aromatic N) is 1. The molecule has 156 valence electrons. The highest BCUT2D eigenvalue weighted by atomic mass is 16.5. The Hall–Kier alpha value is -3.80. The molecule has 2 atom stereocenters. The van der Waals surface area contributed by atoms with Crippen LogP contribution in [-0.4, -0.2) is 35.1 Å². The number of ether oxygens (including phenoxy) is 2. The van der Waals surface area contributed by atoms with E-state index in [0.29, 0.717) is 17.1 Å². The summed E-state index contributed by atoms with van der Waals surface area (Å²) in [7, 11) is 1.52. The first-order valence-electron chi connectivity index (χ1n) is 10.1. The molecule has 0 spiro atoms. The van der Waals surface area contributed by atoms with Crippen LogP contribution in [-0.2, 0) is 9.59 Å². The molecule has 6 heteroatoms. The van der Waals surface area contributed by atoms with E-state index in [-0.39, 0.29) is 5.91 Å². The van der Waals surface area contributed by atoms with E-state index in [0.717, 1.165) is 22.3 Å². The molecule has 0 fully saturated rings. The number of carbonyl (C=O) groups is 2. The summed E-state index contributed by atoms with van der Waals surface area (Å²) in [5.41, 5.74) is 4.21. The van der Waals surface area contributed by atoms with Gasteiger partial charge in [0.25, 0.3) is 5.91 Å². The molecule has 6 nitrogen and oxygen atoms in total. The average molecular weight is 415 g/mol. The highest BCUT2D eigenvalue weighted by Gasteiger charge is 2.46. The summed E-state index contributed by atoms with van der Waals surface area (Å²) in [6.07, 6.45) is -0.837. The highest BCUT2D eigenvalue weighted by Crippen LogP contribution is 2.50. The summed E-state index contributed by atoms with van der Waals surface area (Å²) in [5.74, 6) is -0.625. The van der Waals surface area contributed by atoms with Crippen LogP contribution in [0.1, 0.15) is 35.7 Å². The number of carboxylic acid groups (broad SMARTS) is 1. The van der Waals surface area contributed by atoms with E-state index in [1.807, 2.05) is 48.5 Å². The smallest absolute Gasteiger partial charge is 0.331 e. The molecular weight excluding hydrogens is 394 g/mol. The van der Waals surface area contributed by atoms with Crippen molar-refractivity contribution in [2.45, 2.75) is 25.1 Å². The van der Waals surface area contributed by atoms with Gasteiger partial charge in [-0.05, 0) is 47.4 Å². The minimum atomic E-state index is -1.23. The van der Waals surface area contributed by atoms with Crippen molar-refractivity contribution >= 4 is 11.9 Å². The van der Waals surface area contributed by atoms with Crippen LogP contribution >= 0.6 is 0 Å². The van der Waals surface area contributed by atoms with Gasteiger partial charge in [-0.15, -0.1) is 0 Å². The lowest BCUT2D eigenvalue weighted by molar-refractivity contribution is -0.154. The normalized spacial score (nSPS) is 19.7. The molecule has 5 rings (SSSR count). The Morgan fingerprint density at radius 2 is 1.58 bits per heavy atom. The lowest BCUT2D eigenvalue weighted by Crippen LogP contribution is -2.45. The van der Waals surface area contributed by atoms with Gasteiger partial charge in [-0.3, -0.25) is 4.79 Å². The fourth-order valence-electron chi connectivity index (χ4n) is 4.66. The minimum Gasteiger partial charge on any atom is -0.497 e. The van der Waals surface area contributed by atoms with E-state index in [2.05, 4.69) is 0 Å². The summed E-state index contributed by atoms with van der Waals surface area (Å²) in [6.45, 7) is 1.65. The van der Waals surface area contributed by atoms with Gasteiger partial charge < -0.3 is 19.5 Å². The lowest BCUT2D eigenvalue weighted by Gasteiger charge is -2.34.